The van der Waals surface area contributed by atoms with Crippen LogP contribution in [0, 0.1) is 13.8 Å². The van der Waals surface area contributed by atoms with E-state index in [1.165, 1.54) is 5.56 Å². The lowest BCUT2D eigenvalue weighted by molar-refractivity contribution is -0.154. The number of rotatable bonds is 6. The minimum absolute atomic E-state index is 0.170. The first-order valence-electron chi connectivity index (χ1n) is 7.51. The van der Waals surface area contributed by atoms with Crippen molar-refractivity contribution in [2.75, 3.05) is 0 Å². The fraction of sp³-hybridized carbons (Fsp3) is 0.333. The van der Waals surface area contributed by atoms with Crippen LogP contribution in [-0.4, -0.2) is 18.0 Å². The van der Waals surface area contributed by atoms with Gasteiger partial charge in [0.05, 0.1) is 13.0 Å². The zero-order valence-electron chi connectivity index (χ0n) is 13.6. The van der Waals surface area contributed by atoms with E-state index in [0.717, 1.165) is 16.0 Å². The molecule has 1 aromatic heterocycles. The molecule has 0 radical (unpaired) electrons. The van der Waals surface area contributed by atoms with Crippen LogP contribution in [0.3, 0.4) is 0 Å². The summed E-state index contributed by atoms with van der Waals surface area (Å²) >= 11 is 1.57. The molecule has 23 heavy (non-hydrogen) atoms. The Morgan fingerprint density at radius 3 is 2.65 bits per heavy atom. The van der Waals surface area contributed by atoms with Crippen molar-refractivity contribution < 1.29 is 14.3 Å². The Hall–Kier alpha value is -2.14. The Morgan fingerprint density at radius 1 is 1.22 bits per heavy atom. The Balaban J connectivity index is 1.81. The molecule has 0 saturated carbocycles. The molecule has 2 rings (SSSR count). The van der Waals surface area contributed by atoms with Gasteiger partial charge in [0, 0.05) is 4.88 Å². The van der Waals surface area contributed by atoms with Gasteiger partial charge >= 0.3 is 5.97 Å². The van der Waals surface area contributed by atoms with Gasteiger partial charge in [-0.3, -0.25) is 9.59 Å². The molecule has 4 nitrogen and oxygen atoms in total. The summed E-state index contributed by atoms with van der Waals surface area (Å²) in [5.74, 6) is -0.682. The maximum absolute atomic E-state index is 12.0. The minimum atomic E-state index is -0.797. The predicted molar refractivity (Wildman–Crippen MR) is 91.3 cm³/mol. The smallest absolute Gasteiger partial charge is 0.311 e. The minimum Gasteiger partial charge on any atom is -0.452 e. The van der Waals surface area contributed by atoms with Crippen molar-refractivity contribution in [2.24, 2.45) is 0 Å². The second-order valence-electron chi connectivity index (χ2n) is 5.52. The van der Waals surface area contributed by atoms with Crippen molar-refractivity contribution in [1.29, 1.82) is 0 Å². The third kappa shape index (κ3) is 5.21. The largest absolute Gasteiger partial charge is 0.452 e. The van der Waals surface area contributed by atoms with Crippen LogP contribution < -0.4 is 5.32 Å². The van der Waals surface area contributed by atoms with E-state index < -0.39 is 12.1 Å². The Kier molecular flexibility index (Phi) is 5.93. The van der Waals surface area contributed by atoms with Gasteiger partial charge in [0.25, 0.3) is 5.91 Å². The summed E-state index contributed by atoms with van der Waals surface area (Å²) in [4.78, 5) is 25.0. The van der Waals surface area contributed by atoms with E-state index in [-0.39, 0.29) is 12.3 Å². The van der Waals surface area contributed by atoms with Crippen molar-refractivity contribution >= 4 is 23.2 Å². The fourth-order valence-corrected chi connectivity index (χ4v) is 2.75. The number of hydrogen-bond acceptors (Lipinski definition) is 4. The lowest BCUT2D eigenvalue weighted by Gasteiger charge is -2.13. The van der Waals surface area contributed by atoms with Crippen LogP contribution >= 0.6 is 11.3 Å². The van der Waals surface area contributed by atoms with Crippen molar-refractivity contribution in [3.05, 3.63) is 57.3 Å². The van der Waals surface area contributed by atoms with Crippen LogP contribution in [0.15, 0.2) is 35.7 Å². The molecule has 1 amide bonds. The second-order valence-corrected chi connectivity index (χ2v) is 6.56. The van der Waals surface area contributed by atoms with Crippen LogP contribution in [0.5, 0.6) is 0 Å². The number of aryl methyl sites for hydroxylation is 2. The van der Waals surface area contributed by atoms with E-state index in [1.807, 2.05) is 49.6 Å². The molecule has 122 valence electrons. The molecular weight excluding hydrogens is 310 g/mol. The molecule has 2 aromatic rings. The summed E-state index contributed by atoms with van der Waals surface area (Å²) < 4.78 is 5.21. The van der Waals surface area contributed by atoms with Gasteiger partial charge in [0.2, 0.25) is 0 Å². The van der Waals surface area contributed by atoms with Crippen LogP contribution in [-0.2, 0) is 27.3 Å². The molecule has 0 aliphatic heterocycles. The van der Waals surface area contributed by atoms with Crippen molar-refractivity contribution in [1.82, 2.24) is 5.32 Å². The normalized spacial score (nSPS) is 11.8. The van der Waals surface area contributed by atoms with E-state index >= 15 is 0 Å². The topological polar surface area (TPSA) is 55.4 Å². The SMILES string of the molecule is Cc1ccc(CC(=O)O[C@@H](C)C(=O)NCc2cccs2)cc1C. The molecule has 1 aromatic carbocycles. The zero-order chi connectivity index (χ0) is 16.8. The molecule has 0 fully saturated rings. The van der Waals surface area contributed by atoms with Crippen LogP contribution in [0.1, 0.15) is 28.5 Å². The number of nitrogens with one attached hydrogen (secondary N) is 1. The standard InChI is InChI=1S/C18H21NO3S/c1-12-6-7-15(9-13(12)2)10-17(20)22-14(3)18(21)19-11-16-5-4-8-23-16/h4-9,14H,10-11H2,1-3H3,(H,19,21)/t14-/m0/s1. The molecule has 0 bridgehead atoms. The number of thiophene rings is 1. The Bertz CT molecular complexity index is 680. The number of carbonyl (C=O) groups excluding carboxylic acids is 2. The monoisotopic (exact) mass is 331 g/mol. The van der Waals surface area contributed by atoms with Crippen LogP contribution in [0.2, 0.25) is 0 Å². The zero-order valence-corrected chi connectivity index (χ0v) is 14.4. The second kappa shape index (κ2) is 7.92. The van der Waals surface area contributed by atoms with Crippen molar-refractivity contribution in [3.63, 3.8) is 0 Å². The first-order valence-corrected chi connectivity index (χ1v) is 8.39. The number of benzene rings is 1. The highest BCUT2D eigenvalue weighted by Crippen LogP contribution is 2.11. The molecule has 0 aliphatic rings. The maximum Gasteiger partial charge on any atom is 0.311 e. The van der Waals surface area contributed by atoms with Gasteiger partial charge in [0.1, 0.15) is 0 Å². The fourth-order valence-electron chi connectivity index (χ4n) is 2.10. The lowest BCUT2D eigenvalue weighted by atomic mass is 10.0. The van der Waals surface area contributed by atoms with Gasteiger partial charge in [-0.1, -0.05) is 24.3 Å². The molecule has 0 saturated heterocycles. The Morgan fingerprint density at radius 2 is 2.00 bits per heavy atom. The van der Waals surface area contributed by atoms with Crippen LogP contribution in [0.4, 0.5) is 0 Å². The van der Waals surface area contributed by atoms with E-state index in [0.29, 0.717) is 6.54 Å². The number of amides is 1. The molecule has 0 spiro atoms. The lowest BCUT2D eigenvalue weighted by Crippen LogP contribution is -2.35. The van der Waals surface area contributed by atoms with Gasteiger partial charge in [-0.05, 0) is 48.9 Å². The first-order chi connectivity index (χ1) is 11.0. The predicted octanol–water partition coefficient (Wildman–Crippen LogP) is 3.16. The average molecular weight is 331 g/mol. The molecule has 5 heteroatoms. The summed E-state index contributed by atoms with van der Waals surface area (Å²) in [6, 6.07) is 9.73. The maximum atomic E-state index is 12.0. The number of hydrogen-bond donors (Lipinski definition) is 1. The number of ether oxygens (including phenoxy) is 1. The van der Waals surface area contributed by atoms with Gasteiger partial charge < -0.3 is 10.1 Å². The third-order valence-corrected chi connectivity index (χ3v) is 4.49. The van der Waals surface area contributed by atoms with Gasteiger partial charge in [-0.2, -0.15) is 0 Å². The molecule has 1 atom stereocenters. The summed E-state index contributed by atoms with van der Waals surface area (Å²) in [6.45, 7) is 6.07. The highest BCUT2D eigenvalue weighted by molar-refractivity contribution is 7.09. The van der Waals surface area contributed by atoms with Gasteiger partial charge in [-0.25, -0.2) is 0 Å². The molecular formula is C18H21NO3S. The van der Waals surface area contributed by atoms with Crippen LogP contribution in [0.25, 0.3) is 0 Å². The van der Waals surface area contributed by atoms with E-state index in [1.54, 1.807) is 18.3 Å². The van der Waals surface area contributed by atoms with E-state index in [9.17, 15) is 9.59 Å². The summed E-state index contributed by atoms with van der Waals surface area (Å²) in [7, 11) is 0. The van der Waals surface area contributed by atoms with E-state index in [2.05, 4.69) is 5.32 Å². The first kappa shape index (κ1) is 17.2. The number of carbonyl (C=O) groups is 2. The highest BCUT2D eigenvalue weighted by atomic mass is 32.1. The molecule has 1 N–H and O–H groups in total. The third-order valence-electron chi connectivity index (χ3n) is 3.61. The summed E-state index contributed by atoms with van der Waals surface area (Å²) in [5.41, 5.74) is 3.21. The van der Waals surface area contributed by atoms with Gasteiger partial charge in [0.15, 0.2) is 6.10 Å². The van der Waals surface area contributed by atoms with Crippen molar-refractivity contribution in [3.8, 4) is 0 Å². The van der Waals surface area contributed by atoms with E-state index in [4.69, 9.17) is 4.74 Å². The van der Waals surface area contributed by atoms with Crippen molar-refractivity contribution in [2.45, 2.75) is 39.8 Å². The van der Waals surface area contributed by atoms with Gasteiger partial charge in [-0.15, -0.1) is 11.3 Å². The Labute approximate surface area is 140 Å². The molecule has 0 unspecified atom stereocenters. The quantitative estimate of drug-likeness (QED) is 0.827. The summed E-state index contributed by atoms with van der Waals surface area (Å²) in [5, 5.41) is 4.72. The highest BCUT2D eigenvalue weighted by Gasteiger charge is 2.17. The molecule has 0 aliphatic carbocycles. The molecule has 1 heterocycles. The average Bonchev–Trinajstić information content (AvgIpc) is 3.01. The number of esters is 1. The summed E-state index contributed by atoms with van der Waals surface area (Å²) in [6.07, 6.45) is -0.627.